The molecule has 3 N–H and O–H groups in total. The summed E-state index contributed by atoms with van der Waals surface area (Å²) in [4.78, 5) is 3.15. The molecular formula is C14H18ClN3O2S. The van der Waals surface area contributed by atoms with E-state index in [1.807, 2.05) is 6.92 Å². The molecule has 0 atom stereocenters. The molecule has 1 aromatic carbocycles. The van der Waals surface area contributed by atoms with Gasteiger partial charge in [0, 0.05) is 23.5 Å². The molecule has 0 aliphatic carbocycles. The van der Waals surface area contributed by atoms with Crippen LogP contribution in [0, 0.1) is 6.92 Å². The van der Waals surface area contributed by atoms with Crippen LogP contribution in [0.2, 0.25) is 5.02 Å². The van der Waals surface area contributed by atoms with Gasteiger partial charge in [-0.25, -0.2) is 8.42 Å². The summed E-state index contributed by atoms with van der Waals surface area (Å²) in [7, 11) is -3.62. The average molecular weight is 328 g/mol. The molecular weight excluding hydrogens is 310 g/mol. The fourth-order valence-electron chi connectivity index (χ4n) is 1.86. The number of aromatic amines is 1. The van der Waals surface area contributed by atoms with E-state index in [9.17, 15) is 8.42 Å². The molecule has 21 heavy (non-hydrogen) atoms. The first-order valence-corrected chi connectivity index (χ1v) is 8.46. The quantitative estimate of drug-likeness (QED) is 0.763. The Morgan fingerprint density at radius 3 is 2.81 bits per heavy atom. The number of hydrogen-bond acceptors (Lipinski definition) is 3. The second-order valence-electron chi connectivity index (χ2n) is 4.66. The molecule has 1 aromatic heterocycles. The highest BCUT2D eigenvalue weighted by molar-refractivity contribution is 7.92. The lowest BCUT2D eigenvalue weighted by Gasteiger charge is -2.10. The summed E-state index contributed by atoms with van der Waals surface area (Å²) in [5, 5.41) is 3.66. The van der Waals surface area contributed by atoms with Crippen LogP contribution >= 0.6 is 11.6 Å². The molecule has 0 saturated carbocycles. The van der Waals surface area contributed by atoms with Gasteiger partial charge in [-0.1, -0.05) is 24.6 Å². The van der Waals surface area contributed by atoms with Crippen molar-refractivity contribution in [2.24, 2.45) is 0 Å². The molecule has 2 aromatic rings. The van der Waals surface area contributed by atoms with Gasteiger partial charge in [-0.2, -0.15) is 0 Å². The molecule has 0 saturated heterocycles. The van der Waals surface area contributed by atoms with E-state index in [4.69, 9.17) is 11.6 Å². The van der Waals surface area contributed by atoms with Crippen molar-refractivity contribution < 1.29 is 8.42 Å². The number of anilines is 1. The molecule has 2 rings (SSSR count). The standard InChI is InChI=1S/C14H18ClN3O2S/c1-3-16-8-11-7-12(9-17-11)21(19,20)18-14-6-4-5-13(15)10(14)2/h4-7,9,16-18H,3,8H2,1-2H3. The number of H-pyrrole nitrogens is 1. The number of halogens is 1. The summed E-state index contributed by atoms with van der Waals surface area (Å²) in [6.07, 6.45) is 1.48. The second kappa shape index (κ2) is 6.51. The molecule has 0 unspecified atom stereocenters. The highest BCUT2D eigenvalue weighted by atomic mass is 35.5. The lowest BCUT2D eigenvalue weighted by atomic mass is 10.2. The zero-order valence-electron chi connectivity index (χ0n) is 11.9. The van der Waals surface area contributed by atoms with Gasteiger partial charge in [0.05, 0.1) is 5.69 Å². The van der Waals surface area contributed by atoms with Gasteiger partial charge in [0.15, 0.2) is 0 Å². The Kier molecular flexibility index (Phi) is 4.92. The summed E-state index contributed by atoms with van der Waals surface area (Å²) in [6.45, 7) is 5.18. The molecule has 0 amide bonds. The highest BCUT2D eigenvalue weighted by Crippen LogP contribution is 2.25. The van der Waals surface area contributed by atoms with E-state index < -0.39 is 10.0 Å². The van der Waals surface area contributed by atoms with E-state index in [-0.39, 0.29) is 4.90 Å². The number of aromatic nitrogens is 1. The van der Waals surface area contributed by atoms with Crippen LogP contribution in [0.1, 0.15) is 18.2 Å². The first-order valence-electron chi connectivity index (χ1n) is 6.60. The predicted molar refractivity (Wildman–Crippen MR) is 85.2 cm³/mol. The maximum atomic E-state index is 12.4. The number of nitrogens with one attached hydrogen (secondary N) is 3. The van der Waals surface area contributed by atoms with Crippen molar-refractivity contribution in [2.45, 2.75) is 25.3 Å². The van der Waals surface area contributed by atoms with E-state index in [2.05, 4.69) is 15.0 Å². The molecule has 0 spiro atoms. The Labute approximate surface area is 129 Å². The van der Waals surface area contributed by atoms with Crippen molar-refractivity contribution in [1.29, 1.82) is 0 Å². The fraction of sp³-hybridized carbons (Fsp3) is 0.286. The van der Waals surface area contributed by atoms with Crippen LogP contribution in [0.3, 0.4) is 0 Å². The van der Waals surface area contributed by atoms with Crippen molar-refractivity contribution in [3.8, 4) is 0 Å². The summed E-state index contributed by atoms with van der Waals surface area (Å²) in [5.41, 5.74) is 2.00. The van der Waals surface area contributed by atoms with Gasteiger partial charge in [0.1, 0.15) is 4.90 Å². The third-order valence-corrected chi connectivity index (χ3v) is 4.86. The van der Waals surface area contributed by atoms with Gasteiger partial charge in [0.25, 0.3) is 10.0 Å². The summed E-state index contributed by atoms with van der Waals surface area (Å²) < 4.78 is 27.3. The van der Waals surface area contributed by atoms with Gasteiger partial charge in [-0.3, -0.25) is 4.72 Å². The maximum Gasteiger partial charge on any atom is 0.263 e. The smallest absolute Gasteiger partial charge is 0.263 e. The molecule has 0 fully saturated rings. The Balaban J connectivity index is 2.22. The van der Waals surface area contributed by atoms with Crippen LogP contribution in [0.4, 0.5) is 5.69 Å². The molecule has 1 heterocycles. The molecule has 114 valence electrons. The largest absolute Gasteiger partial charge is 0.363 e. The van der Waals surface area contributed by atoms with Gasteiger partial charge in [-0.15, -0.1) is 0 Å². The molecule has 5 nitrogen and oxygen atoms in total. The Hall–Kier alpha value is -1.50. The van der Waals surface area contributed by atoms with Crippen molar-refractivity contribution in [2.75, 3.05) is 11.3 Å². The molecule has 0 aliphatic heterocycles. The van der Waals surface area contributed by atoms with Crippen molar-refractivity contribution in [3.05, 3.63) is 46.7 Å². The third-order valence-electron chi connectivity index (χ3n) is 3.10. The summed E-state index contributed by atoms with van der Waals surface area (Å²) in [5.74, 6) is 0. The minimum atomic E-state index is -3.62. The van der Waals surface area contributed by atoms with E-state index in [1.165, 1.54) is 6.20 Å². The van der Waals surface area contributed by atoms with E-state index >= 15 is 0 Å². The number of benzene rings is 1. The van der Waals surface area contributed by atoms with Gasteiger partial charge >= 0.3 is 0 Å². The highest BCUT2D eigenvalue weighted by Gasteiger charge is 2.17. The molecule has 0 bridgehead atoms. The topological polar surface area (TPSA) is 74.0 Å². The van der Waals surface area contributed by atoms with Crippen LogP contribution in [-0.4, -0.2) is 19.9 Å². The zero-order chi connectivity index (χ0) is 15.5. The third kappa shape index (κ3) is 3.78. The van der Waals surface area contributed by atoms with Crippen molar-refractivity contribution in [3.63, 3.8) is 0 Å². The van der Waals surface area contributed by atoms with Gasteiger partial charge in [-0.05, 0) is 37.2 Å². The number of rotatable bonds is 6. The minimum absolute atomic E-state index is 0.203. The Morgan fingerprint density at radius 1 is 1.33 bits per heavy atom. The molecule has 0 radical (unpaired) electrons. The van der Waals surface area contributed by atoms with Crippen molar-refractivity contribution >= 4 is 27.3 Å². The van der Waals surface area contributed by atoms with E-state index in [1.54, 1.807) is 31.2 Å². The average Bonchev–Trinajstić information content (AvgIpc) is 2.91. The van der Waals surface area contributed by atoms with Crippen LogP contribution in [0.5, 0.6) is 0 Å². The van der Waals surface area contributed by atoms with Crippen molar-refractivity contribution in [1.82, 2.24) is 10.3 Å². The van der Waals surface area contributed by atoms with Crippen LogP contribution in [0.15, 0.2) is 35.4 Å². The lowest BCUT2D eigenvalue weighted by Crippen LogP contribution is -2.13. The van der Waals surface area contributed by atoms with E-state index in [0.717, 1.165) is 12.2 Å². The second-order valence-corrected chi connectivity index (χ2v) is 6.75. The minimum Gasteiger partial charge on any atom is -0.363 e. The lowest BCUT2D eigenvalue weighted by molar-refractivity contribution is 0.601. The maximum absolute atomic E-state index is 12.4. The van der Waals surface area contributed by atoms with E-state index in [0.29, 0.717) is 22.8 Å². The first kappa shape index (κ1) is 15.9. The number of hydrogen-bond donors (Lipinski definition) is 3. The Morgan fingerprint density at radius 2 is 2.10 bits per heavy atom. The van der Waals surface area contributed by atoms with Crippen LogP contribution in [0.25, 0.3) is 0 Å². The van der Waals surface area contributed by atoms with Crippen LogP contribution in [-0.2, 0) is 16.6 Å². The summed E-state index contributed by atoms with van der Waals surface area (Å²) in [6, 6.07) is 6.73. The monoisotopic (exact) mass is 327 g/mol. The number of sulfonamides is 1. The van der Waals surface area contributed by atoms with Gasteiger partial charge < -0.3 is 10.3 Å². The fourth-order valence-corrected chi connectivity index (χ4v) is 3.17. The van der Waals surface area contributed by atoms with Gasteiger partial charge in [0.2, 0.25) is 0 Å². The SMILES string of the molecule is CCNCc1cc(S(=O)(=O)Nc2cccc(Cl)c2C)c[nH]1. The molecule has 7 heteroatoms. The zero-order valence-corrected chi connectivity index (χ0v) is 13.5. The normalized spacial score (nSPS) is 11.6. The first-order chi connectivity index (χ1) is 9.94. The predicted octanol–water partition coefficient (Wildman–Crippen LogP) is 2.89. The molecule has 0 aliphatic rings. The summed E-state index contributed by atoms with van der Waals surface area (Å²) >= 11 is 6.00. The van der Waals surface area contributed by atoms with Crippen LogP contribution < -0.4 is 10.0 Å². The Bertz CT molecular complexity index is 726.